The zero-order valence-corrected chi connectivity index (χ0v) is 90.6. The molecular weight excluding hydrogens is 1740 g/mol. The molecule has 0 amide bonds. The van der Waals surface area contributed by atoms with Crippen LogP contribution in [0.1, 0.15) is 374 Å². The largest absolute Gasteiger partial charge is 0.207 e. The van der Waals surface area contributed by atoms with Crippen molar-refractivity contribution in [3.63, 3.8) is 0 Å². The Kier molecular flexibility index (Phi) is 60.6. The van der Waals surface area contributed by atoms with E-state index in [1.54, 1.807) is 43.3 Å². The van der Waals surface area contributed by atoms with Gasteiger partial charge in [-0.1, -0.05) is 473 Å². The average Bonchev–Trinajstić information content (AvgIpc) is 0.867. The first-order chi connectivity index (χ1) is 62.7. The topological polar surface area (TPSA) is 0 Å². The van der Waals surface area contributed by atoms with E-state index in [2.05, 4.69) is 338 Å². The van der Waals surface area contributed by atoms with Crippen molar-refractivity contribution in [1.82, 2.24) is 0 Å². The first-order valence-corrected chi connectivity index (χ1v) is 49.3. The number of halogens is 9. The summed E-state index contributed by atoms with van der Waals surface area (Å²) in [5, 5.41) is 2.32. The Bertz CT molecular complexity index is 4780. The van der Waals surface area contributed by atoms with E-state index in [-0.39, 0.29) is 45.9 Å². The summed E-state index contributed by atoms with van der Waals surface area (Å²) in [6.45, 7) is 71.8. The summed E-state index contributed by atoms with van der Waals surface area (Å²) in [4.78, 5) is 0. The normalized spacial score (nSPS) is 10.5. The van der Waals surface area contributed by atoms with Crippen molar-refractivity contribution < 1.29 is 22.0 Å². The van der Waals surface area contributed by atoms with E-state index in [0.29, 0.717) is 70.1 Å². The predicted molar refractivity (Wildman–Crippen MR) is 585 cm³/mol. The molecule has 0 aliphatic carbocycles. The predicted octanol–water partition coefficient (Wildman–Crippen LogP) is 42.3. The van der Waals surface area contributed by atoms with Crippen molar-refractivity contribution in [1.29, 1.82) is 0 Å². The van der Waals surface area contributed by atoms with Gasteiger partial charge in [0.2, 0.25) is 0 Å². The molecule has 0 radical (unpaired) electrons. The quantitative estimate of drug-likeness (QED) is 0.101. The maximum absolute atomic E-state index is 13.1. The fourth-order valence-electron chi connectivity index (χ4n) is 12.3. The highest BCUT2D eigenvalue weighted by atomic mass is 35.5. The fourth-order valence-corrected chi connectivity index (χ4v) is 13.2. The Hall–Kier alpha value is -9.33. The maximum atomic E-state index is 13.1. The second-order valence-electron chi connectivity index (χ2n) is 38.5. The summed E-state index contributed by atoms with van der Waals surface area (Å²) in [5.74, 6) is 5.92. The van der Waals surface area contributed by atoms with E-state index in [1.165, 1.54) is 108 Å². The van der Waals surface area contributed by atoms with Crippen LogP contribution in [0, 0.1) is 84.5 Å². The van der Waals surface area contributed by atoms with Crippen LogP contribution in [0.5, 0.6) is 0 Å². The van der Waals surface area contributed by atoms with Crippen molar-refractivity contribution in [3.05, 3.63) is 457 Å². The number of hydrogen-bond acceptors (Lipinski definition) is 0. The van der Waals surface area contributed by atoms with Crippen molar-refractivity contribution >= 4 is 46.4 Å². The van der Waals surface area contributed by atoms with Gasteiger partial charge in [-0.15, -0.1) is 0 Å². The lowest BCUT2D eigenvalue weighted by molar-refractivity contribution is 0.597. The van der Waals surface area contributed by atoms with Crippen LogP contribution in [-0.2, 0) is 0 Å². The van der Waals surface area contributed by atoms with Crippen LogP contribution in [0.3, 0.4) is 0 Å². The molecular formula is C125H163Cl4F5. The van der Waals surface area contributed by atoms with Gasteiger partial charge in [-0.2, -0.15) is 0 Å². The molecule has 13 rings (SSSR count). The molecule has 0 aliphatic rings. The molecule has 0 N–H and O–H groups in total. The van der Waals surface area contributed by atoms with Crippen LogP contribution in [0.15, 0.2) is 291 Å². The molecule has 0 heterocycles. The lowest BCUT2D eigenvalue weighted by Gasteiger charge is -2.06. The Morgan fingerprint density at radius 1 is 0.164 bits per heavy atom. The molecule has 0 atom stereocenters. The van der Waals surface area contributed by atoms with Crippen LogP contribution in [0.4, 0.5) is 22.0 Å². The summed E-state index contributed by atoms with van der Waals surface area (Å²) < 4.78 is 64.0. The molecule has 0 aromatic heterocycles. The third kappa shape index (κ3) is 53.2. The summed E-state index contributed by atoms with van der Waals surface area (Å²) in [6.07, 6.45) is 0. The van der Waals surface area contributed by atoms with Gasteiger partial charge in [0.25, 0.3) is 0 Å². The molecule has 13 aromatic carbocycles. The molecule has 0 aliphatic heterocycles. The minimum Gasteiger partial charge on any atom is -0.207 e. The number of hydrogen-bond donors (Lipinski definition) is 0. The Balaban J connectivity index is 0.000000726. The van der Waals surface area contributed by atoms with Crippen molar-refractivity contribution in [3.8, 4) is 0 Å². The zero-order valence-electron chi connectivity index (χ0n) is 87.6. The standard InChI is InChI=1S/C10H13Cl.2C10H13F.5C10H14.2C9H10ClF.C9H11Cl.C9H11F.C9H12/c1-7(2)9-4-8(3)5-10(11)6-9;1-7(2)9-5-4-8(3)10(11)6-9;1-7(2)9-5-4-8(3)6-10(9)11;5*1-8(2)10-6-4-9(3)5-7-10;1-6(2)8-4-3-7(10)5-9(8)11;1-6(2)7-3-4-9(11)8(10)5-7;1-7(2)8-4-3-5-9(10)6-8;1-7(2)8-3-5-9(10)6-4-8;1-8(2)9-6-4-3-5-7-9/h3*4-7H,1-3H3;5*4-8H,1-3H3;2*3-6H,1-2H3;2*3-7H,1-2H3;3-8H,1-2H3. The zero-order chi connectivity index (χ0) is 102. The third-order valence-corrected chi connectivity index (χ3v) is 22.8. The minimum absolute atomic E-state index is 0.0833. The summed E-state index contributed by atoms with van der Waals surface area (Å²) >= 11 is 22.8. The highest BCUT2D eigenvalue weighted by Crippen LogP contribution is 2.28. The summed E-state index contributed by atoms with van der Waals surface area (Å²) in [7, 11) is 0. The van der Waals surface area contributed by atoms with E-state index in [4.69, 9.17) is 46.4 Å². The van der Waals surface area contributed by atoms with Crippen LogP contribution < -0.4 is 0 Å². The van der Waals surface area contributed by atoms with E-state index in [9.17, 15) is 22.0 Å². The number of rotatable bonds is 13. The first-order valence-electron chi connectivity index (χ1n) is 47.8. The van der Waals surface area contributed by atoms with Crippen molar-refractivity contribution in [2.45, 2.75) is 312 Å². The average molecular weight is 1900 g/mol. The monoisotopic (exact) mass is 1900 g/mol. The van der Waals surface area contributed by atoms with Crippen LogP contribution in [-0.4, -0.2) is 0 Å². The van der Waals surface area contributed by atoms with Gasteiger partial charge in [0.1, 0.15) is 29.1 Å². The van der Waals surface area contributed by atoms with E-state index >= 15 is 0 Å². The Morgan fingerprint density at radius 2 is 0.433 bits per heavy atom. The summed E-state index contributed by atoms with van der Waals surface area (Å²) in [5.41, 5.74) is 25.6. The van der Waals surface area contributed by atoms with Gasteiger partial charge < -0.3 is 0 Å². The van der Waals surface area contributed by atoms with E-state index in [0.717, 1.165) is 43.4 Å². The van der Waals surface area contributed by atoms with Crippen molar-refractivity contribution in [2.24, 2.45) is 0 Å². The lowest BCUT2D eigenvalue weighted by Crippen LogP contribution is -1.92. The molecule has 13 aromatic rings. The second kappa shape index (κ2) is 66.2. The SMILES string of the molecule is CC(C)c1ccc(Cl)cc1F.CC(C)c1ccc(F)c(Cl)c1.CC(C)c1ccc(F)cc1.CC(C)c1cccc(Cl)c1.CC(C)c1ccccc1.Cc1cc(Cl)cc(C(C)C)c1.Cc1ccc(C(C)C)c(F)c1.Cc1ccc(C(C)C)cc1.Cc1ccc(C(C)C)cc1.Cc1ccc(C(C)C)cc1.Cc1ccc(C(C)C)cc1.Cc1ccc(C(C)C)cc1.Cc1ccc(C(C)C)cc1F. The minimum atomic E-state index is -0.351. The van der Waals surface area contributed by atoms with E-state index < -0.39 is 0 Å². The molecule has 726 valence electrons. The smallest absolute Gasteiger partial charge is 0.141 e. The molecule has 0 spiro atoms. The highest BCUT2D eigenvalue weighted by Gasteiger charge is 2.10. The van der Waals surface area contributed by atoms with Gasteiger partial charge in [-0.3, -0.25) is 0 Å². The molecule has 0 unspecified atom stereocenters. The van der Waals surface area contributed by atoms with Crippen molar-refractivity contribution in [2.75, 3.05) is 0 Å². The van der Waals surface area contributed by atoms with Gasteiger partial charge in [0.05, 0.1) is 5.02 Å². The Labute approximate surface area is 831 Å². The first kappa shape index (κ1) is 123. The van der Waals surface area contributed by atoms with E-state index in [1.807, 2.05) is 121 Å². The number of aryl methyl sites for hydroxylation is 8. The van der Waals surface area contributed by atoms with Gasteiger partial charge in [-0.25, -0.2) is 22.0 Å². The molecule has 0 saturated heterocycles. The number of benzene rings is 13. The highest BCUT2D eigenvalue weighted by molar-refractivity contribution is 6.31. The van der Waals surface area contributed by atoms with Gasteiger partial charge in [0, 0.05) is 15.1 Å². The van der Waals surface area contributed by atoms with Crippen LogP contribution in [0.25, 0.3) is 0 Å². The van der Waals surface area contributed by atoms with Gasteiger partial charge >= 0.3 is 0 Å². The van der Waals surface area contributed by atoms with Gasteiger partial charge in [0.15, 0.2) is 0 Å². The molecule has 0 fully saturated rings. The fraction of sp³-hybridized carbons (Fsp3) is 0.376. The lowest BCUT2D eigenvalue weighted by atomic mass is 10.0. The second-order valence-corrected chi connectivity index (χ2v) is 40.2. The van der Waals surface area contributed by atoms with Crippen LogP contribution >= 0.6 is 46.4 Å². The molecule has 0 bridgehead atoms. The van der Waals surface area contributed by atoms with Crippen LogP contribution in [0.2, 0.25) is 20.1 Å². The molecule has 0 nitrogen and oxygen atoms in total. The van der Waals surface area contributed by atoms with Gasteiger partial charge in [-0.05, 0) is 294 Å². The molecule has 9 heteroatoms. The third-order valence-electron chi connectivity index (χ3n) is 21.8. The maximum Gasteiger partial charge on any atom is 0.141 e. The Morgan fingerprint density at radius 3 is 0.716 bits per heavy atom. The molecule has 134 heavy (non-hydrogen) atoms. The molecule has 0 saturated carbocycles. The summed E-state index contributed by atoms with van der Waals surface area (Å²) in [6, 6.07) is 95.3.